The summed E-state index contributed by atoms with van der Waals surface area (Å²) in [4.78, 5) is 4.73. The molecule has 0 bridgehead atoms. The van der Waals surface area contributed by atoms with Gasteiger partial charge in [-0.25, -0.2) is 0 Å². The molecule has 0 spiro atoms. The van der Waals surface area contributed by atoms with Crippen LogP contribution in [-0.2, 0) is 0 Å². The normalized spacial score (nSPS) is 25.2. The van der Waals surface area contributed by atoms with E-state index < -0.39 is 0 Å². The minimum Gasteiger partial charge on any atom is -0.345 e. The molecule has 0 aliphatic carbocycles. The molecule has 2 heterocycles. The van der Waals surface area contributed by atoms with Crippen molar-refractivity contribution in [2.45, 2.75) is 26.8 Å². The second-order valence-electron chi connectivity index (χ2n) is 5.45. The Morgan fingerprint density at radius 3 is 2.41 bits per heavy atom. The van der Waals surface area contributed by atoms with Gasteiger partial charge in [-0.1, -0.05) is 25.2 Å². The molecule has 1 saturated heterocycles. The van der Waals surface area contributed by atoms with Crippen molar-refractivity contribution in [3.63, 3.8) is 0 Å². The molecule has 2 rings (SSSR count). The first-order valence-corrected chi connectivity index (χ1v) is 7.02. The fraction of sp³-hybridized carbons (Fsp3) is 0.833. The molecule has 1 aliphatic rings. The van der Waals surface area contributed by atoms with Crippen molar-refractivity contribution < 1.29 is 0 Å². The third-order valence-corrected chi connectivity index (χ3v) is 4.54. The van der Waals surface area contributed by atoms with Crippen LogP contribution in [0.2, 0.25) is 0 Å². The highest BCUT2D eigenvalue weighted by Crippen LogP contribution is 2.32. The van der Waals surface area contributed by atoms with Crippen molar-refractivity contribution in [2.24, 2.45) is 11.8 Å². The molecule has 0 aromatic carbocycles. The average Bonchev–Trinajstić information content (AvgIpc) is 2.82. The Kier molecular flexibility index (Phi) is 3.68. The maximum absolute atomic E-state index is 4.26. The third kappa shape index (κ3) is 2.60. The summed E-state index contributed by atoms with van der Waals surface area (Å²) in [5, 5.41) is 10.5. The zero-order valence-corrected chi connectivity index (χ0v) is 12.2. The number of aromatic nitrogens is 2. The molecule has 1 aromatic heterocycles. The first kappa shape index (κ1) is 12.8. The van der Waals surface area contributed by atoms with Crippen LogP contribution >= 0.6 is 11.3 Å². The molecule has 4 nitrogen and oxygen atoms in total. The molecule has 1 aliphatic heterocycles. The predicted molar refractivity (Wildman–Crippen MR) is 72.7 cm³/mol. The topological polar surface area (TPSA) is 32.3 Å². The maximum Gasteiger partial charge on any atom is 0.208 e. The SMILES string of the molecule is Cc1nnc(N2C[C@@H](N(C)C)[C@H](C(C)C)C2)s1. The smallest absolute Gasteiger partial charge is 0.208 e. The second-order valence-corrected chi connectivity index (χ2v) is 6.61. The lowest BCUT2D eigenvalue weighted by Gasteiger charge is -2.27. The number of rotatable bonds is 3. The van der Waals surface area contributed by atoms with Crippen LogP contribution in [0.15, 0.2) is 0 Å². The van der Waals surface area contributed by atoms with Crippen molar-refractivity contribution in [1.82, 2.24) is 15.1 Å². The van der Waals surface area contributed by atoms with E-state index in [0.717, 1.165) is 23.2 Å². The summed E-state index contributed by atoms with van der Waals surface area (Å²) in [5.74, 6) is 1.43. The fourth-order valence-electron chi connectivity index (χ4n) is 2.58. The van der Waals surface area contributed by atoms with E-state index in [9.17, 15) is 0 Å². The molecule has 96 valence electrons. The van der Waals surface area contributed by atoms with E-state index in [4.69, 9.17) is 0 Å². The molecular weight excluding hydrogens is 232 g/mol. The van der Waals surface area contributed by atoms with Gasteiger partial charge in [-0.15, -0.1) is 10.2 Å². The quantitative estimate of drug-likeness (QED) is 0.824. The average molecular weight is 254 g/mol. The van der Waals surface area contributed by atoms with E-state index in [1.54, 1.807) is 11.3 Å². The summed E-state index contributed by atoms with van der Waals surface area (Å²) in [6.45, 7) is 8.83. The number of hydrogen-bond acceptors (Lipinski definition) is 5. The molecule has 0 amide bonds. The largest absolute Gasteiger partial charge is 0.345 e. The second kappa shape index (κ2) is 4.90. The van der Waals surface area contributed by atoms with Gasteiger partial charge in [-0.3, -0.25) is 0 Å². The van der Waals surface area contributed by atoms with Crippen LogP contribution in [0.3, 0.4) is 0 Å². The van der Waals surface area contributed by atoms with Crippen molar-refractivity contribution >= 4 is 16.5 Å². The lowest BCUT2D eigenvalue weighted by Crippen LogP contribution is -2.37. The van der Waals surface area contributed by atoms with Crippen LogP contribution in [0.1, 0.15) is 18.9 Å². The van der Waals surface area contributed by atoms with E-state index >= 15 is 0 Å². The molecule has 17 heavy (non-hydrogen) atoms. The highest BCUT2D eigenvalue weighted by atomic mass is 32.1. The van der Waals surface area contributed by atoms with Gasteiger partial charge in [0.15, 0.2) is 0 Å². The highest BCUT2D eigenvalue weighted by Gasteiger charge is 2.36. The minimum absolute atomic E-state index is 0.624. The molecule has 2 atom stereocenters. The molecule has 5 heteroatoms. The lowest BCUT2D eigenvalue weighted by atomic mass is 9.91. The Hall–Kier alpha value is -0.680. The van der Waals surface area contributed by atoms with Gasteiger partial charge in [0.1, 0.15) is 5.01 Å². The van der Waals surface area contributed by atoms with Crippen molar-refractivity contribution in [3.8, 4) is 0 Å². The van der Waals surface area contributed by atoms with Crippen LogP contribution in [0.5, 0.6) is 0 Å². The van der Waals surface area contributed by atoms with E-state index in [1.807, 2.05) is 6.92 Å². The lowest BCUT2D eigenvalue weighted by molar-refractivity contribution is 0.216. The van der Waals surface area contributed by atoms with Gasteiger partial charge in [0.25, 0.3) is 0 Å². The molecule has 1 aromatic rings. The fourth-order valence-corrected chi connectivity index (χ4v) is 3.29. The van der Waals surface area contributed by atoms with Gasteiger partial charge in [-0.05, 0) is 32.9 Å². The van der Waals surface area contributed by atoms with Crippen molar-refractivity contribution in [3.05, 3.63) is 5.01 Å². The highest BCUT2D eigenvalue weighted by molar-refractivity contribution is 7.15. The van der Waals surface area contributed by atoms with Crippen molar-refractivity contribution in [2.75, 3.05) is 32.1 Å². The van der Waals surface area contributed by atoms with E-state index in [0.29, 0.717) is 17.9 Å². The Labute approximate surface area is 108 Å². The van der Waals surface area contributed by atoms with E-state index in [-0.39, 0.29) is 0 Å². The summed E-state index contributed by atoms with van der Waals surface area (Å²) < 4.78 is 0. The van der Waals surface area contributed by atoms with Crippen LogP contribution < -0.4 is 4.90 Å². The number of aryl methyl sites for hydroxylation is 1. The van der Waals surface area contributed by atoms with Crippen molar-refractivity contribution in [1.29, 1.82) is 0 Å². The van der Waals surface area contributed by atoms with Crippen LogP contribution in [-0.4, -0.2) is 48.3 Å². The maximum atomic E-state index is 4.26. The van der Waals surface area contributed by atoms with E-state index in [2.05, 4.69) is 47.9 Å². The summed E-state index contributed by atoms with van der Waals surface area (Å²) in [5.41, 5.74) is 0. The first-order chi connectivity index (χ1) is 7.99. The Bertz CT molecular complexity index is 358. The van der Waals surface area contributed by atoms with Crippen LogP contribution in [0.4, 0.5) is 5.13 Å². The molecule has 0 unspecified atom stereocenters. The molecule has 0 radical (unpaired) electrons. The Morgan fingerprint density at radius 1 is 1.29 bits per heavy atom. The van der Waals surface area contributed by atoms with Gasteiger partial charge in [0.05, 0.1) is 0 Å². The summed E-state index contributed by atoms with van der Waals surface area (Å²) in [6.07, 6.45) is 0. The summed E-state index contributed by atoms with van der Waals surface area (Å²) in [6, 6.07) is 0.624. The zero-order chi connectivity index (χ0) is 12.6. The standard InChI is InChI=1S/C12H22N4S/c1-8(2)10-6-16(7-11(10)15(4)5)12-14-13-9(3)17-12/h8,10-11H,6-7H2,1-5H3/t10-,11+/m0/s1. The predicted octanol–water partition coefficient (Wildman–Crippen LogP) is 1.87. The van der Waals surface area contributed by atoms with Crippen LogP contribution in [0, 0.1) is 18.8 Å². The number of hydrogen-bond donors (Lipinski definition) is 0. The molecular formula is C12H22N4S. The molecule has 1 fully saturated rings. The summed E-state index contributed by atoms with van der Waals surface area (Å²) >= 11 is 1.70. The molecule has 0 saturated carbocycles. The Morgan fingerprint density at radius 2 is 2.00 bits per heavy atom. The number of nitrogens with zero attached hydrogens (tertiary/aromatic N) is 4. The monoisotopic (exact) mass is 254 g/mol. The molecule has 0 N–H and O–H groups in total. The van der Waals surface area contributed by atoms with Crippen LogP contribution in [0.25, 0.3) is 0 Å². The number of likely N-dealkylation sites (N-methyl/N-ethyl adjacent to an activating group) is 1. The van der Waals surface area contributed by atoms with Gasteiger partial charge < -0.3 is 9.80 Å². The first-order valence-electron chi connectivity index (χ1n) is 6.20. The zero-order valence-electron chi connectivity index (χ0n) is 11.3. The summed E-state index contributed by atoms with van der Waals surface area (Å²) in [7, 11) is 4.35. The third-order valence-electron chi connectivity index (χ3n) is 3.64. The van der Waals surface area contributed by atoms with Gasteiger partial charge in [0.2, 0.25) is 5.13 Å². The minimum atomic E-state index is 0.624. The van der Waals surface area contributed by atoms with Gasteiger partial charge in [-0.2, -0.15) is 0 Å². The van der Waals surface area contributed by atoms with Gasteiger partial charge in [0, 0.05) is 19.1 Å². The van der Waals surface area contributed by atoms with E-state index in [1.165, 1.54) is 0 Å². The number of anilines is 1. The van der Waals surface area contributed by atoms with Gasteiger partial charge >= 0.3 is 0 Å². The Balaban J connectivity index is 2.14.